The van der Waals surface area contributed by atoms with Crippen LogP contribution in [0.5, 0.6) is 5.75 Å². The molecule has 108 valence electrons. The predicted octanol–water partition coefficient (Wildman–Crippen LogP) is 3.04. The van der Waals surface area contributed by atoms with Crippen LogP contribution in [0.3, 0.4) is 0 Å². The van der Waals surface area contributed by atoms with Crippen LogP contribution in [-0.2, 0) is 14.3 Å². The molecule has 1 unspecified atom stereocenters. The number of benzene rings is 1. The van der Waals surface area contributed by atoms with Crippen molar-refractivity contribution in [2.24, 2.45) is 5.41 Å². The Balaban J connectivity index is 2.23. The largest absolute Gasteiger partial charge is 0.477 e. The second kappa shape index (κ2) is 5.91. The third-order valence-electron chi connectivity index (χ3n) is 3.26. The molecule has 1 aliphatic carbocycles. The molecular formula is C14H14BrFO4. The predicted molar refractivity (Wildman–Crippen MR) is 73.0 cm³/mol. The quantitative estimate of drug-likeness (QED) is 0.587. The van der Waals surface area contributed by atoms with E-state index in [0.29, 0.717) is 23.1 Å². The standard InChI is InChI=1S/C14H14BrFO4/c1-2-19-13(18)14(7-8-14)11(12(16)17)20-10-6-4-3-5-9(10)15/h3-6,11H,2,7-8H2,1H3. The second-order valence-electron chi connectivity index (χ2n) is 4.61. The highest BCUT2D eigenvalue weighted by molar-refractivity contribution is 9.10. The molecule has 0 spiro atoms. The zero-order valence-electron chi connectivity index (χ0n) is 10.9. The molecule has 4 nitrogen and oxygen atoms in total. The molecule has 0 radical (unpaired) electrons. The van der Waals surface area contributed by atoms with Gasteiger partial charge in [0.1, 0.15) is 11.2 Å². The SMILES string of the molecule is CCOC(=O)C1(C(Oc2ccccc2Br)C(=O)F)CC1. The zero-order chi connectivity index (χ0) is 14.8. The van der Waals surface area contributed by atoms with Gasteiger partial charge in [-0.2, -0.15) is 4.39 Å². The van der Waals surface area contributed by atoms with E-state index in [-0.39, 0.29) is 6.61 Å². The molecule has 2 rings (SSSR count). The minimum atomic E-state index is -1.66. The van der Waals surface area contributed by atoms with E-state index in [4.69, 9.17) is 9.47 Å². The number of carbonyl (C=O) groups excluding carboxylic acids is 2. The third kappa shape index (κ3) is 2.85. The number of carbonyl (C=O) groups is 2. The smallest absolute Gasteiger partial charge is 0.342 e. The van der Waals surface area contributed by atoms with E-state index >= 15 is 0 Å². The van der Waals surface area contributed by atoms with Crippen LogP contribution < -0.4 is 4.74 Å². The molecule has 0 amide bonds. The van der Waals surface area contributed by atoms with Crippen LogP contribution in [0.15, 0.2) is 28.7 Å². The minimum absolute atomic E-state index is 0.183. The second-order valence-corrected chi connectivity index (χ2v) is 5.46. The first kappa shape index (κ1) is 15.0. The Bertz CT molecular complexity index is 528. The van der Waals surface area contributed by atoms with Crippen molar-refractivity contribution in [3.05, 3.63) is 28.7 Å². The van der Waals surface area contributed by atoms with Gasteiger partial charge in [0.2, 0.25) is 6.10 Å². The van der Waals surface area contributed by atoms with Gasteiger partial charge in [-0.05, 0) is 47.8 Å². The maximum Gasteiger partial charge on any atom is 0.342 e. The fraction of sp³-hybridized carbons (Fsp3) is 0.429. The van der Waals surface area contributed by atoms with E-state index in [1.807, 2.05) is 0 Å². The lowest BCUT2D eigenvalue weighted by molar-refractivity contribution is -0.160. The van der Waals surface area contributed by atoms with Gasteiger partial charge in [0.25, 0.3) is 0 Å². The zero-order valence-corrected chi connectivity index (χ0v) is 12.5. The Kier molecular flexibility index (Phi) is 4.42. The summed E-state index contributed by atoms with van der Waals surface area (Å²) >= 11 is 3.25. The van der Waals surface area contributed by atoms with Crippen LogP contribution in [0.1, 0.15) is 19.8 Å². The summed E-state index contributed by atoms with van der Waals surface area (Å²) in [4.78, 5) is 23.2. The summed E-state index contributed by atoms with van der Waals surface area (Å²) in [5.41, 5.74) is -1.18. The van der Waals surface area contributed by atoms with E-state index in [9.17, 15) is 14.0 Å². The molecule has 1 aliphatic rings. The summed E-state index contributed by atoms with van der Waals surface area (Å²) in [6.07, 6.45) is -0.687. The molecule has 0 heterocycles. The van der Waals surface area contributed by atoms with Crippen molar-refractivity contribution in [1.29, 1.82) is 0 Å². The maximum absolute atomic E-state index is 13.3. The summed E-state index contributed by atoms with van der Waals surface area (Å²) in [5.74, 6) is -0.262. The van der Waals surface area contributed by atoms with Gasteiger partial charge >= 0.3 is 12.0 Å². The molecule has 1 fully saturated rings. The summed E-state index contributed by atoms with van der Waals surface area (Å²) in [6.45, 7) is 1.84. The number of rotatable bonds is 6. The summed E-state index contributed by atoms with van der Waals surface area (Å²) < 4.78 is 24.3. The normalized spacial score (nSPS) is 17.1. The molecule has 1 atom stereocenters. The van der Waals surface area contributed by atoms with Gasteiger partial charge in [0, 0.05) is 0 Å². The van der Waals surface area contributed by atoms with Gasteiger partial charge in [-0.25, -0.2) is 0 Å². The molecule has 0 aliphatic heterocycles. The monoisotopic (exact) mass is 344 g/mol. The number of ether oxygens (including phenoxy) is 2. The topological polar surface area (TPSA) is 52.6 Å². The number of para-hydroxylation sites is 1. The van der Waals surface area contributed by atoms with Crippen LogP contribution in [0.25, 0.3) is 0 Å². The first-order chi connectivity index (χ1) is 9.51. The molecular weight excluding hydrogens is 331 g/mol. The highest BCUT2D eigenvalue weighted by Crippen LogP contribution is 2.51. The van der Waals surface area contributed by atoms with Gasteiger partial charge in [-0.1, -0.05) is 12.1 Å². The van der Waals surface area contributed by atoms with Gasteiger partial charge in [0.05, 0.1) is 11.1 Å². The van der Waals surface area contributed by atoms with Crippen LogP contribution >= 0.6 is 15.9 Å². The highest BCUT2D eigenvalue weighted by atomic mass is 79.9. The average Bonchev–Trinajstić information content (AvgIpc) is 3.19. The first-order valence-corrected chi connectivity index (χ1v) is 7.08. The lowest BCUT2D eigenvalue weighted by Crippen LogP contribution is -2.40. The highest BCUT2D eigenvalue weighted by Gasteiger charge is 2.61. The molecule has 1 aromatic carbocycles. The van der Waals surface area contributed by atoms with E-state index in [0.717, 1.165) is 0 Å². The number of hydrogen-bond donors (Lipinski definition) is 0. The van der Waals surface area contributed by atoms with Crippen LogP contribution in [0.2, 0.25) is 0 Å². The lowest BCUT2D eigenvalue weighted by Gasteiger charge is -2.23. The van der Waals surface area contributed by atoms with Crippen molar-refractivity contribution in [3.8, 4) is 5.75 Å². The van der Waals surface area contributed by atoms with E-state index in [1.54, 1.807) is 31.2 Å². The molecule has 0 bridgehead atoms. The maximum atomic E-state index is 13.3. The molecule has 1 saturated carbocycles. The Morgan fingerprint density at radius 1 is 1.40 bits per heavy atom. The van der Waals surface area contributed by atoms with E-state index < -0.39 is 23.5 Å². The lowest BCUT2D eigenvalue weighted by atomic mass is 9.99. The molecule has 20 heavy (non-hydrogen) atoms. The fourth-order valence-corrected chi connectivity index (χ4v) is 2.40. The van der Waals surface area contributed by atoms with Crippen molar-refractivity contribution in [2.75, 3.05) is 6.61 Å². The van der Waals surface area contributed by atoms with Crippen molar-refractivity contribution >= 4 is 27.9 Å². The van der Waals surface area contributed by atoms with Crippen LogP contribution in [-0.4, -0.2) is 24.7 Å². The summed E-state index contributed by atoms with van der Waals surface area (Å²) in [6, 6.07) is 5.11. The van der Waals surface area contributed by atoms with E-state index in [2.05, 4.69) is 15.9 Å². The Morgan fingerprint density at radius 2 is 2.05 bits per heavy atom. The van der Waals surface area contributed by atoms with Gasteiger partial charge in [-0.3, -0.25) is 9.59 Å². The van der Waals surface area contributed by atoms with E-state index in [1.165, 1.54) is 0 Å². The van der Waals surface area contributed by atoms with Crippen LogP contribution in [0.4, 0.5) is 4.39 Å². The van der Waals surface area contributed by atoms with Crippen molar-refractivity contribution in [1.82, 2.24) is 0 Å². The Labute approximate surface area is 124 Å². The summed E-state index contributed by atoms with van der Waals surface area (Å²) in [5, 5.41) is 0. The molecule has 1 aromatic rings. The van der Waals surface area contributed by atoms with Gasteiger partial charge < -0.3 is 9.47 Å². The number of halogens is 2. The van der Waals surface area contributed by atoms with Gasteiger partial charge in [-0.15, -0.1) is 0 Å². The molecule has 6 heteroatoms. The van der Waals surface area contributed by atoms with Crippen LogP contribution in [0, 0.1) is 5.41 Å². The third-order valence-corrected chi connectivity index (χ3v) is 3.92. The Hall–Kier alpha value is -1.43. The minimum Gasteiger partial charge on any atom is -0.477 e. The first-order valence-electron chi connectivity index (χ1n) is 6.29. The van der Waals surface area contributed by atoms with Crippen molar-refractivity contribution in [3.63, 3.8) is 0 Å². The molecule has 0 aromatic heterocycles. The van der Waals surface area contributed by atoms with Crippen molar-refractivity contribution in [2.45, 2.75) is 25.9 Å². The average molecular weight is 345 g/mol. The molecule has 0 saturated heterocycles. The number of esters is 1. The molecule has 0 N–H and O–H groups in total. The fourth-order valence-electron chi connectivity index (χ4n) is 2.03. The number of hydrogen-bond acceptors (Lipinski definition) is 4. The van der Waals surface area contributed by atoms with Crippen molar-refractivity contribution < 1.29 is 23.5 Å². The Morgan fingerprint density at radius 3 is 2.55 bits per heavy atom. The summed E-state index contributed by atoms with van der Waals surface area (Å²) in [7, 11) is 0. The van der Waals surface area contributed by atoms with Gasteiger partial charge in [0.15, 0.2) is 0 Å².